The van der Waals surface area contributed by atoms with E-state index in [9.17, 15) is 9.90 Å². The number of rotatable bonds is 4. The summed E-state index contributed by atoms with van der Waals surface area (Å²) < 4.78 is 5.07. The van der Waals surface area contributed by atoms with Crippen LogP contribution in [0.2, 0.25) is 0 Å². The molecule has 23 heavy (non-hydrogen) atoms. The number of carbonyl (C=O) groups excluding carboxylic acids is 1. The van der Waals surface area contributed by atoms with Gasteiger partial charge in [0.25, 0.3) is 5.91 Å². The highest BCUT2D eigenvalue weighted by Gasteiger charge is 2.27. The molecule has 2 N–H and O–H groups in total. The van der Waals surface area contributed by atoms with Crippen LogP contribution in [0.1, 0.15) is 31.7 Å². The Morgan fingerprint density at radius 1 is 1.39 bits per heavy atom. The van der Waals surface area contributed by atoms with E-state index >= 15 is 0 Å². The van der Waals surface area contributed by atoms with E-state index in [2.05, 4.69) is 15.5 Å². The van der Waals surface area contributed by atoms with E-state index in [1.807, 2.05) is 0 Å². The minimum absolute atomic E-state index is 0.0640. The summed E-state index contributed by atoms with van der Waals surface area (Å²) >= 11 is 0. The van der Waals surface area contributed by atoms with Gasteiger partial charge in [0.2, 0.25) is 0 Å². The molecule has 0 saturated carbocycles. The van der Waals surface area contributed by atoms with Gasteiger partial charge in [-0.15, -0.1) is 0 Å². The molecule has 6 nitrogen and oxygen atoms in total. The Morgan fingerprint density at radius 2 is 2.22 bits per heavy atom. The SMILES string of the molecule is COc1cc(/C(C)=N/NC(=O)C2=NCC3=C2CCC3)ccc1O. The molecular weight excluding hydrogens is 294 g/mol. The average molecular weight is 313 g/mol. The largest absolute Gasteiger partial charge is 0.504 e. The third-order valence-electron chi connectivity index (χ3n) is 4.18. The lowest BCUT2D eigenvalue weighted by molar-refractivity contribution is -0.114. The van der Waals surface area contributed by atoms with Crippen LogP contribution in [0, 0.1) is 0 Å². The molecule has 0 spiro atoms. The molecule has 1 aliphatic carbocycles. The van der Waals surface area contributed by atoms with E-state index in [4.69, 9.17) is 4.74 Å². The van der Waals surface area contributed by atoms with Crippen molar-refractivity contribution in [1.82, 2.24) is 5.43 Å². The monoisotopic (exact) mass is 313 g/mol. The van der Waals surface area contributed by atoms with Gasteiger partial charge in [0.05, 0.1) is 19.4 Å². The van der Waals surface area contributed by atoms with Crippen LogP contribution in [0.25, 0.3) is 0 Å². The Labute approximate surface area is 134 Å². The van der Waals surface area contributed by atoms with Gasteiger partial charge < -0.3 is 9.84 Å². The van der Waals surface area contributed by atoms with E-state index in [0.29, 0.717) is 23.7 Å². The van der Waals surface area contributed by atoms with Crippen molar-refractivity contribution in [2.75, 3.05) is 13.7 Å². The van der Waals surface area contributed by atoms with Gasteiger partial charge in [0.15, 0.2) is 11.5 Å². The molecule has 1 aromatic carbocycles. The fourth-order valence-electron chi connectivity index (χ4n) is 2.90. The van der Waals surface area contributed by atoms with Crippen molar-refractivity contribution in [3.05, 3.63) is 34.9 Å². The highest BCUT2D eigenvalue weighted by Crippen LogP contribution is 2.31. The second-order valence-electron chi connectivity index (χ2n) is 5.63. The summed E-state index contributed by atoms with van der Waals surface area (Å²) in [5.41, 5.74) is 6.86. The third kappa shape index (κ3) is 2.97. The molecule has 1 aromatic rings. The molecule has 0 unspecified atom stereocenters. The van der Waals surface area contributed by atoms with Crippen LogP contribution in [0.3, 0.4) is 0 Å². The minimum atomic E-state index is -0.262. The number of benzene rings is 1. The molecule has 3 rings (SSSR count). The molecule has 0 fully saturated rings. The van der Waals surface area contributed by atoms with Crippen molar-refractivity contribution >= 4 is 17.3 Å². The van der Waals surface area contributed by atoms with Crippen LogP contribution in [-0.2, 0) is 4.79 Å². The number of aromatic hydroxyl groups is 1. The van der Waals surface area contributed by atoms with Crippen molar-refractivity contribution in [2.45, 2.75) is 26.2 Å². The van der Waals surface area contributed by atoms with Gasteiger partial charge in [-0.3, -0.25) is 9.79 Å². The first-order chi connectivity index (χ1) is 11.1. The van der Waals surface area contributed by atoms with Gasteiger partial charge in [-0.25, -0.2) is 5.43 Å². The highest BCUT2D eigenvalue weighted by atomic mass is 16.5. The molecule has 1 heterocycles. The normalized spacial score (nSPS) is 17.1. The Hall–Kier alpha value is -2.63. The lowest BCUT2D eigenvalue weighted by Crippen LogP contribution is -2.28. The van der Waals surface area contributed by atoms with E-state index in [1.54, 1.807) is 19.1 Å². The molecule has 0 bridgehead atoms. The van der Waals surface area contributed by atoms with Crippen molar-refractivity contribution in [1.29, 1.82) is 0 Å². The van der Waals surface area contributed by atoms with Crippen molar-refractivity contribution in [2.24, 2.45) is 10.1 Å². The van der Waals surface area contributed by atoms with Crippen LogP contribution >= 0.6 is 0 Å². The van der Waals surface area contributed by atoms with Gasteiger partial charge in [-0.2, -0.15) is 5.10 Å². The van der Waals surface area contributed by atoms with E-state index in [0.717, 1.165) is 30.4 Å². The van der Waals surface area contributed by atoms with Crippen LogP contribution < -0.4 is 10.2 Å². The fourth-order valence-corrected chi connectivity index (χ4v) is 2.90. The molecule has 0 radical (unpaired) electrons. The van der Waals surface area contributed by atoms with Crippen molar-refractivity contribution < 1.29 is 14.6 Å². The number of phenolic OH excluding ortho intramolecular Hbond substituents is 1. The number of amides is 1. The first-order valence-corrected chi connectivity index (χ1v) is 7.58. The maximum Gasteiger partial charge on any atom is 0.289 e. The number of methoxy groups -OCH3 is 1. The summed E-state index contributed by atoms with van der Waals surface area (Å²) in [7, 11) is 1.48. The summed E-state index contributed by atoms with van der Waals surface area (Å²) in [4.78, 5) is 16.6. The molecular formula is C17H19N3O3. The number of nitrogens with one attached hydrogen (secondary N) is 1. The van der Waals surface area contributed by atoms with E-state index < -0.39 is 0 Å². The lowest BCUT2D eigenvalue weighted by Gasteiger charge is -2.07. The smallest absolute Gasteiger partial charge is 0.289 e. The Balaban J connectivity index is 1.71. The van der Waals surface area contributed by atoms with Gasteiger partial charge in [0, 0.05) is 5.56 Å². The summed E-state index contributed by atoms with van der Waals surface area (Å²) in [6, 6.07) is 4.92. The minimum Gasteiger partial charge on any atom is -0.504 e. The van der Waals surface area contributed by atoms with E-state index in [1.165, 1.54) is 18.7 Å². The lowest BCUT2D eigenvalue weighted by atomic mass is 10.1. The number of hydrogen-bond donors (Lipinski definition) is 2. The molecule has 0 aromatic heterocycles. The number of ether oxygens (including phenoxy) is 1. The zero-order valence-corrected chi connectivity index (χ0v) is 13.2. The second kappa shape index (κ2) is 6.24. The van der Waals surface area contributed by atoms with Crippen LogP contribution in [0.4, 0.5) is 0 Å². The van der Waals surface area contributed by atoms with E-state index in [-0.39, 0.29) is 11.7 Å². The molecule has 2 aliphatic rings. The van der Waals surface area contributed by atoms with Crippen LogP contribution in [0.5, 0.6) is 11.5 Å². The maximum atomic E-state index is 12.3. The molecule has 6 heteroatoms. The maximum absolute atomic E-state index is 12.3. The quantitative estimate of drug-likeness (QED) is 0.660. The first kappa shape index (κ1) is 15.3. The third-order valence-corrected chi connectivity index (χ3v) is 4.18. The molecule has 1 amide bonds. The fraction of sp³-hybridized carbons (Fsp3) is 0.353. The molecule has 0 saturated heterocycles. The predicted molar refractivity (Wildman–Crippen MR) is 88.2 cm³/mol. The molecule has 1 aliphatic heterocycles. The van der Waals surface area contributed by atoms with Gasteiger partial charge in [-0.1, -0.05) is 0 Å². The van der Waals surface area contributed by atoms with Crippen molar-refractivity contribution in [3.8, 4) is 11.5 Å². The number of hydrogen-bond acceptors (Lipinski definition) is 5. The number of nitrogens with zero attached hydrogens (tertiary/aromatic N) is 2. The first-order valence-electron chi connectivity index (χ1n) is 7.58. The number of phenols is 1. The Morgan fingerprint density at radius 3 is 3.00 bits per heavy atom. The van der Waals surface area contributed by atoms with Gasteiger partial charge in [-0.05, 0) is 55.5 Å². The highest BCUT2D eigenvalue weighted by molar-refractivity contribution is 6.46. The number of carbonyl (C=O) groups is 1. The number of aliphatic imine (C=N–C) groups is 1. The topological polar surface area (TPSA) is 83.3 Å². The standard InChI is InChI=1S/C17H19N3O3/c1-10(11-6-7-14(21)15(8-11)23-2)19-20-17(22)16-13-5-3-4-12(13)9-18-16/h6-8,21H,3-5,9H2,1-2H3,(H,20,22)/b19-10+. The van der Waals surface area contributed by atoms with Crippen molar-refractivity contribution in [3.63, 3.8) is 0 Å². The predicted octanol–water partition coefficient (Wildman–Crippen LogP) is 2.18. The zero-order chi connectivity index (χ0) is 16.4. The van der Waals surface area contributed by atoms with Gasteiger partial charge >= 0.3 is 0 Å². The summed E-state index contributed by atoms with van der Waals surface area (Å²) in [5.74, 6) is 0.167. The average Bonchev–Trinajstić information content (AvgIpc) is 3.15. The van der Waals surface area contributed by atoms with Gasteiger partial charge in [0.1, 0.15) is 5.71 Å². The summed E-state index contributed by atoms with van der Waals surface area (Å²) in [6.45, 7) is 2.43. The Bertz CT molecular complexity index is 747. The molecule has 120 valence electrons. The second-order valence-corrected chi connectivity index (χ2v) is 5.63. The van der Waals surface area contributed by atoms with Crippen LogP contribution in [0.15, 0.2) is 39.4 Å². The number of hydrazone groups is 1. The van der Waals surface area contributed by atoms with Crippen LogP contribution in [-0.4, -0.2) is 36.1 Å². The molecule has 0 atom stereocenters. The summed E-state index contributed by atoms with van der Waals surface area (Å²) in [5, 5.41) is 13.7. The Kier molecular flexibility index (Phi) is 4.14. The zero-order valence-electron chi connectivity index (χ0n) is 13.2. The summed E-state index contributed by atoms with van der Waals surface area (Å²) in [6.07, 6.45) is 3.08.